The normalized spacial score (nSPS) is 12.1. The number of halogens is 1. The highest BCUT2D eigenvalue weighted by molar-refractivity contribution is 7.92. The number of amides is 2. The van der Waals surface area contributed by atoms with Crippen molar-refractivity contribution in [3.8, 4) is 5.75 Å². The Balaban J connectivity index is 2.38. The van der Waals surface area contributed by atoms with Crippen molar-refractivity contribution in [2.45, 2.75) is 39.8 Å². The number of benzene rings is 2. The maximum Gasteiger partial charge on any atom is 0.244 e. The molecule has 0 saturated carbocycles. The topological polar surface area (TPSA) is 96.0 Å². The van der Waals surface area contributed by atoms with Gasteiger partial charge < -0.3 is 15.0 Å². The van der Waals surface area contributed by atoms with Crippen LogP contribution in [0.5, 0.6) is 5.75 Å². The molecule has 34 heavy (non-hydrogen) atoms. The standard InChI is InChI=1S/C24H32ClN3O5S/c1-6-13-26-24(30)18(3)27(15-19-8-11-21(33-4)12-9-19)23(29)16-28(34(5,31)32)20-10-7-17(2)22(25)14-20/h7-12,14,18H,6,13,15-16H2,1-5H3,(H,26,30)/t18-/m0/s1. The van der Waals surface area contributed by atoms with Crippen LogP contribution in [-0.2, 0) is 26.2 Å². The highest BCUT2D eigenvalue weighted by Gasteiger charge is 2.30. The van der Waals surface area contributed by atoms with Gasteiger partial charge in [-0.3, -0.25) is 13.9 Å². The fourth-order valence-electron chi connectivity index (χ4n) is 3.26. The van der Waals surface area contributed by atoms with Crippen LogP contribution in [0.4, 0.5) is 5.69 Å². The number of nitrogens with one attached hydrogen (secondary N) is 1. The Morgan fingerprint density at radius 2 is 1.79 bits per heavy atom. The lowest BCUT2D eigenvalue weighted by molar-refractivity contribution is -0.139. The molecule has 0 saturated heterocycles. The minimum atomic E-state index is -3.81. The molecule has 8 nitrogen and oxygen atoms in total. The molecule has 0 fully saturated rings. The summed E-state index contributed by atoms with van der Waals surface area (Å²) in [5.74, 6) is -0.167. The number of ether oxygens (including phenoxy) is 1. The van der Waals surface area contributed by atoms with Crippen LogP contribution in [0.15, 0.2) is 42.5 Å². The van der Waals surface area contributed by atoms with Gasteiger partial charge in [0.2, 0.25) is 21.8 Å². The molecule has 186 valence electrons. The van der Waals surface area contributed by atoms with Crippen LogP contribution >= 0.6 is 11.6 Å². The summed E-state index contributed by atoms with van der Waals surface area (Å²) in [6, 6.07) is 11.1. The molecule has 0 radical (unpaired) electrons. The smallest absolute Gasteiger partial charge is 0.244 e. The van der Waals surface area contributed by atoms with Gasteiger partial charge >= 0.3 is 0 Å². The van der Waals surface area contributed by atoms with Gasteiger partial charge in [0.25, 0.3) is 0 Å². The predicted octanol–water partition coefficient (Wildman–Crippen LogP) is 3.37. The lowest BCUT2D eigenvalue weighted by Gasteiger charge is -2.31. The zero-order valence-corrected chi connectivity index (χ0v) is 21.7. The molecule has 0 aliphatic carbocycles. The lowest BCUT2D eigenvalue weighted by atomic mass is 10.1. The van der Waals surface area contributed by atoms with E-state index in [1.807, 2.05) is 6.92 Å². The number of rotatable bonds is 11. The first-order chi connectivity index (χ1) is 16.0. The summed E-state index contributed by atoms with van der Waals surface area (Å²) in [7, 11) is -2.25. The SMILES string of the molecule is CCCNC(=O)[C@H](C)N(Cc1ccc(OC)cc1)C(=O)CN(c1ccc(C)c(Cl)c1)S(C)(=O)=O. The van der Waals surface area contributed by atoms with Gasteiger partial charge in [-0.05, 0) is 55.7 Å². The number of nitrogens with zero attached hydrogens (tertiary/aromatic N) is 2. The summed E-state index contributed by atoms with van der Waals surface area (Å²) < 4.78 is 31.3. The minimum absolute atomic E-state index is 0.121. The summed E-state index contributed by atoms with van der Waals surface area (Å²) in [5, 5.41) is 3.19. The van der Waals surface area contributed by atoms with Gasteiger partial charge in [-0.2, -0.15) is 0 Å². The molecule has 1 N–H and O–H groups in total. The van der Waals surface area contributed by atoms with Crippen LogP contribution in [0.3, 0.4) is 0 Å². The summed E-state index contributed by atoms with van der Waals surface area (Å²) in [6.45, 7) is 5.48. The van der Waals surface area contributed by atoms with Crippen molar-refractivity contribution >= 4 is 39.1 Å². The molecule has 2 aromatic rings. The molecular weight excluding hydrogens is 478 g/mol. The largest absolute Gasteiger partial charge is 0.497 e. The number of methoxy groups -OCH3 is 1. The number of sulfonamides is 1. The first-order valence-corrected chi connectivity index (χ1v) is 13.1. The number of carbonyl (C=O) groups excluding carboxylic acids is 2. The van der Waals surface area contributed by atoms with Crippen LogP contribution < -0.4 is 14.4 Å². The van der Waals surface area contributed by atoms with E-state index in [2.05, 4.69) is 5.32 Å². The number of hydrogen-bond donors (Lipinski definition) is 1. The molecule has 0 aliphatic heterocycles. The van der Waals surface area contributed by atoms with Gasteiger partial charge in [-0.1, -0.05) is 36.7 Å². The first-order valence-electron chi connectivity index (χ1n) is 10.9. The number of hydrogen-bond acceptors (Lipinski definition) is 5. The van der Waals surface area contributed by atoms with Crippen molar-refractivity contribution in [1.82, 2.24) is 10.2 Å². The van der Waals surface area contributed by atoms with E-state index in [0.29, 0.717) is 17.3 Å². The molecule has 0 aromatic heterocycles. The molecule has 10 heteroatoms. The van der Waals surface area contributed by atoms with Crippen molar-refractivity contribution < 1.29 is 22.7 Å². The van der Waals surface area contributed by atoms with E-state index in [-0.39, 0.29) is 18.1 Å². The van der Waals surface area contributed by atoms with Gasteiger partial charge in [-0.15, -0.1) is 0 Å². The Morgan fingerprint density at radius 1 is 1.15 bits per heavy atom. The molecule has 2 rings (SSSR count). The highest BCUT2D eigenvalue weighted by atomic mass is 35.5. The van der Waals surface area contributed by atoms with Gasteiger partial charge in [0.05, 0.1) is 19.1 Å². The van der Waals surface area contributed by atoms with E-state index in [4.69, 9.17) is 16.3 Å². The fraction of sp³-hybridized carbons (Fsp3) is 0.417. The Labute approximate surface area is 206 Å². The van der Waals surface area contributed by atoms with Crippen molar-refractivity contribution in [2.75, 3.05) is 30.8 Å². The van der Waals surface area contributed by atoms with E-state index in [9.17, 15) is 18.0 Å². The maximum absolute atomic E-state index is 13.5. The molecule has 0 bridgehead atoms. The zero-order valence-electron chi connectivity index (χ0n) is 20.2. The summed E-state index contributed by atoms with van der Waals surface area (Å²) in [4.78, 5) is 27.5. The molecule has 2 aromatic carbocycles. The average molecular weight is 510 g/mol. The van der Waals surface area contributed by atoms with Gasteiger partial charge in [0.1, 0.15) is 18.3 Å². The van der Waals surface area contributed by atoms with Crippen molar-refractivity contribution in [3.05, 3.63) is 58.6 Å². The molecule has 0 spiro atoms. The Hall–Kier alpha value is -2.78. The second kappa shape index (κ2) is 12.1. The zero-order chi connectivity index (χ0) is 25.5. The number of anilines is 1. The van der Waals surface area contributed by atoms with Crippen LogP contribution in [-0.4, -0.2) is 57.6 Å². The second-order valence-electron chi connectivity index (χ2n) is 8.04. The third kappa shape index (κ3) is 7.36. The third-order valence-electron chi connectivity index (χ3n) is 5.35. The summed E-state index contributed by atoms with van der Waals surface area (Å²) >= 11 is 6.20. The van der Waals surface area contributed by atoms with E-state index in [0.717, 1.165) is 28.1 Å². The van der Waals surface area contributed by atoms with E-state index in [1.165, 1.54) is 11.0 Å². The number of aryl methyl sites for hydroxylation is 1. The number of carbonyl (C=O) groups is 2. The molecular formula is C24H32ClN3O5S. The first kappa shape index (κ1) is 27.5. The van der Waals surface area contributed by atoms with Crippen LogP contribution in [0.2, 0.25) is 5.02 Å². The maximum atomic E-state index is 13.5. The van der Waals surface area contributed by atoms with Gasteiger partial charge in [-0.25, -0.2) is 8.42 Å². The average Bonchev–Trinajstić information content (AvgIpc) is 2.80. The summed E-state index contributed by atoms with van der Waals surface area (Å²) in [6.07, 6.45) is 1.78. The highest BCUT2D eigenvalue weighted by Crippen LogP contribution is 2.25. The molecule has 2 amide bonds. The van der Waals surface area contributed by atoms with Crippen LogP contribution in [0.25, 0.3) is 0 Å². The minimum Gasteiger partial charge on any atom is -0.497 e. The molecule has 0 heterocycles. The Kier molecular flexibility index (Phi) is 9.76. The molecule has 1 atom stereocenters. The van der Waals surface area contributed by atoms with Crippen molar-refractivity contribution in [2.24, 2.45) is 0 Å². The second-order valence-corrected chi connectivity index (χ2v) is 10.4. The summed E-state index contributed by atoms with van der Waals surface area (Å²) in [5.41, 5.74) is 1.83. The van der Waals surface area contributed by atoms with E-state index in [1.54, 1.807) is 57.4 Å². The Morgan fingerprint density at radius 3 is 2.32 bits per heavy atom. The van der Waals surface area contributed by atoms with Crippen LogP contribution in [0.1, 0.15) is 31.4 Å². The Bertz CT molecular complexity index is 1110. The lowest BCUT2D eigenvalue weighted by Crippen LogP contribution is -2.51. The predicted molar refractivity (Wildman–Crippen MR) is 135 cm³/mol. The van der Waals surface area contributed by atoms with E-state index >= 15 is 0 Å². The monoisotopic (exact) mass is 509 g/mol. The molecule has 0 unspecified atom stereocenters. The third-order valence-corrected chi connectivity index (χ3v) is 6.90. The van der Waals surface area contributed by atoms with Crippen molar-refractivity contribution in [1.29, 1.82) is 0 Å². The van der Waals surface area contributed by atoms with Gasteiger partial charge in [0, 0.05) is 18.1 Å². The molecule has 0 aliphatic rings. The quantitative estimate of drug-likeness (QED) is 0.501. The fourth-order valence-corrected chi connectivity index (χ4v) is 4.27. The van der Waals surface area contributed by atoms with Gasteiger partial charge in [0.15, 0.2) is 0 Å². The van der Waals surface area contributed by atoms with Crippen LogP contribution in [0, 0.1) is 6.92 Å². The van der Waals surface area contributed by atoms with Crippen molar-refractivity contribution in [3.63, 3.8) is 0 Å². The van der Waals surface area contributed by atoms with E-state index < -0.39 is 28.5 Å².